The van der Waals surface area contributed by atoms with Crippen molar-refractivity contribution in [1.29, 1.82) is 0 Å². The predicted molar refractivity (Wildman–Crippen MR) is 112 cm³/mol. The number of aliphatic hydroxyl groups excluding tert-OH is 1. The van der Waals surface area contributed by atoms with Crippen LogP contribution in [-0.2, 0) is 11.9 Å². The summed E-state index contributed by atoms with van der Waals surface area (Å²) < 4.78 is 21.1. The Morgan fingerprint density at radius 1 is 1.27 bits per heavy atom. The standard InChI is InChI=1S/C19H20FN3O5.C2H6/c1-10-4-5-14(13(20)8-10)21-17-15(18(25)22-27-7-6-24)16-12(9-11(2)28-16)19(26)23(17)3;1-2/h4-5,8-9,21,24H,6-7H2,1-3H3,(H,22,25);1-2H3. The molecule has 162 valence electrons. The summed E-state index contributed by atoms with van der Waals surface area (Å²) in [7, 11) is 1.46. The third kappa shape index (κ3) is 4.69. The van der Waals surface area contributed by atoms with Gasteiger partial charge in [-0.15, -0.1) is 0 Å². The number of hydrogen-bond donors (Lipinski definition) is 3. The van der Waals surface area contributed by atoms with Crippen molar-refractivity contribution in [3.63, 3.8) is 0 Å². The van der Waals surface area contributed by atoms with Gasteiger partial charge in [-0.3, -0.25) is 19.0 Å². The van der Waals surface area contributed by atoms with Gasteiger partial charge in [0, 0.05) is 7.05 Å². The highest BCUT2D eigenvalue weighted by atomic mass is 19.1. The summed E-state index contributed by atoms with van der Waals surface area (Å²) in [5, 5.41) is 11.8. The summed E-state index contributed by atoms with van der Waals surface area (Å²) in [5.41, 5.74) is 2.63. The van der Waals surface area contributed by atoms with E-state index in [0.717, 1.165) is 5.56 Å². The number of halogens is 1. The van der Waals surface area contributed by atoms with Crippen molar-refractivity contribution in [2.75, 3.05) is 18.5 Å². The molecule has 0 saturated carbocycles. The topological polar surface area (TPSA) is 106 Å². The van der Waals surface area contributed by atoms with Crippen LogP contribution in [0.3, 0.4) is 0 Å². The highest BCUT2D eigenvalue weighted by Gasteiger charge is 2.25. The van der Waals surface area contributed by atoms with Crippen LogP contribution in [0.2, 0.25) is 0 Å². The Labute approximate surface area is 173 Å². The van der Waals surface area contributed by atoms with E-state index in [4.69, 9.17) is 14.4 Å². The van der Waals surface area contributed by atoms with Gasteiger partial charge in [0.1, 0.15) is 23.0 Å². The van der Waals surface area contributed by atoms with E-state index >= 15 is 0 Å². The molecule has 0 fully saturated rings. The molecule has 1 amide bonds. The molecule has 3 aromatic rings. The maximum Gasteiger partial charge on any atom is 0.282 e. The highest BCUT2D eigenvalue weighted by molar-refractivity contribution is 6.09. The first kappa shape index (κ1) is 23.1. The van der Waals surface area contributed by atoms with E-state index in [2.05, 4.69) is 10.8 Å². The number of benzene rings is 1. The van der Waals surface area contributed by atoms with Crippen LogP contribution < -0.4 is 16.4 Å². The van der Waals surface area contributed by atoms with Crippen molar-refractivity contribution in [2.45, 2.75) is 27.7 Å². The summed E-state index contributed by atoms with van der Waals surface area (Å²) >= 11 is 0. The lowest BCUT2D eigenvalue weighted by atomic mass is 10.1. The van der Waals surface area contributed by atoms with Crippen molar-refractivity contribution in [1.82, 2.24) is 10.0 Å². The molecule has 9 heteroatoms. The molecule has 0 radical (unpaired) electrons. The zero-order chi connectivity index (χ0) is 22.4. The minimum Gasteiger partial charge on any atom is -0.460 e. The monoisotopic (exact) mass is 419 g/mol. The van der Waals surface area contributed by atoms with Crippen LogP contribution in [0.5, 0.6) is 0 Å². The maximum absolute atomic E-state index is 14.3. The van der Waals surface area contributed by atoms with Crippen LogP contribution in [0.15, 0.2) is 33.5 Å². The second-order valence-corrected chi connectivity index (χ2v) is 6.30. The molecule has 30 heavy (non-hydrogen) atoms. The Hall–Kier alpha value is -3.17. The van der Waals surface area contributed by atoms with E-state index in [9.17, 15) is 14.0 Å². The molecule has 0 bridgehead atoms. The molecule has 1 aromatic carbocycles. The molecule has 0 saturated heterocycles. The number of nitrogens with zero attached hydrogens (tertiary/aromatic N) is 1. The molecule has 8 nitrogen and oxygen atoms in total. The van der Waals surface area contributed by atoms with Gasteiger partial charge in [0.05, 0.1) is 24.3 Å². The van der Waals surface area contributed by atoms with Gasteiger partial charge in [0.15, 0.2) is 5.58 Å². The van der Waals surface area contributed by atoms with Crippen molar-refractivity contribution < 1.29 is 23.5 Å². The summed E-state index contributed by atoms with van der Waals surface area (Å²) in [5.74, 6) is -0.764. The predicted octanol–water partition coefficient (Wildman–Crippen LogP) is 3.31. The van der Waals surface area contributed by atoms with Crippen LogP contribution in [-0.4, -0.2) is 28.8 Å². The van der Waals surface area contributed by atoms with E-state index in [1.54, 1.807) is 19.9 Å². The molecular formula is C21H26FN3O5. The zero-order valence-corrected chi connectivity index (χ0v) is 17.6. The van der Waals surface area contributed by atoms with Crippen LogP contribution >= 0.6 is 0 Å². The van der Waals surface area contributed by atoms with Gasteiger partial charge < -0.3 is 14.8 Å². The van der Waals surface area contributed by atoms with E-state index in [1.165, 1.54) is 29.8 Å². The quantitative estimate of drug-likeness (QED) is 0.418. The largest absolute Gasteiger partial charge is 0.460 e. The molecule has 0 aliphatic carbocycles. The number of aryl methyl sites for hydroxylation is 2. The number of carbonyl (C=O) groups is 1. The first-order valence-electron chi connectivity index (χ1n) is 9.52. The summed E-state index contributed by atoms with van der Waals surface area (Å²) in [6.07, 6.45) is 0. The Kier molecular flexibility index (Phi) is 7.73. The van der Waals surface area contributed by atoms with Gasteiger partial charge in [-0.25, -0.2) is 9.87 Å². The Morgan fingerprint density at radius 3 is 2.60 bits per heavy atom. The molecule has 2 aromatic heterocycles. The fraction of sp³-hybridized carbons (Fsp3) is 0.333. The summed E-state index contributed by atoms with van der Waals surface area (Å²) in [6, 6.07) is 6.07. The number of rotatable bonds is 6. The highest BCUT2D eigenvalue weighted by Crippen LogP contribution is 2.29. The lowest BCUT2D eigenvalue weighted by Gasteiger charge is -2.17. The third-order valence-corrected chi connectivity index (χ3v) is 4.15. The Morgan fingerprint density at radius 2 is 1.97 bits per heavy atom. The fourth-order valence-corrected chi connectivity index (χ4v) is 2.84. The Bertz CT molecular complexity index is 1100. The van der Waals surface area contributed by atoms with E-state index < -0.39 is 17.3 Å². The van der Waals surface area contributed by atoms with Crippen molar-refractivity contribution >= 4 is 28.4 Å². The number of hydrogen-bond acceptors (Lipinski definition) is 6. The minimum atomic E-state index is -0.710. The van der Waals surface area contributed by atoms with Crippen molar-refractivity contribution in [2.24, 2.45) is 7.05 Å². The number of furan rings is 1. The van der Waals surface area contributed by atoms with Crippen LogP contribution in [0.25, 0.3) is 11.0 Å². The second-order valence-electron chi connectivity index (χ2n) is 6.30. The Balaban J connectivity index is 0.00000155. The van der Waals surface area contributed by atoms with Crippen LogP contribution in [0.4, 0.5) is 15.9 Å². The average molecular weight is 419 g/mol. The third-order valence-electron chi connectivity index (χ3n) is 4.15. The zero-order valence-electron chi connectivity index (χ0n) is 17.6. The molecule has 0 aliphatic heterocycles. The van der Waals surface area contributed by atoms with Crippen LogP contribution in [0, 0.1) is 19.7 Å². The van der Waals surface area contributed by atoms with Crippen molar-refractivity contribution in [3.05, 3.63) is 57.3 Å². The molecule has 0 aliphatic rings. The number of amides is 1. The van der Waals surface area contributed by atoms with Gasteiger partial charge in [-0.2, -0.15) is 0 Å². The number of aliphatic hydroxyl groups is 1. The number of fused-ring (bicyclic) bond motifs is 1. The average Bonchev–Trinajstić information content (AvgIpc) is 3.10. The number of aromatic nitrogens is 1. The molecule has 0 atom stereocenters. The van der Waals surface area contributed by atoms with E-state index in [0.29, 0.717) is 5.76 Å². The van der Waals surface area contributed by atoms with Crippen LogP contribution in [0.1, 0.15) is 35.5 Å². The number of nitrogens with one attached hydrogen (secondary N) is 2. The smallest absolute Gasteiger partial charge is 0.282 e. The van der Waals surface area contributed by atoms with E-state index in [1.807, 2.05) is 13.8 Å². The lowest BCUT2D eigenvalue weighted by Crippen LogP contribution is -2.29. The SMILES string of the molecule is CC.Cc1ccc(Nc2c(C(=O)NOCCO)c3oc(C)cc3c(=O)n2C)c(F)c1. The number of anilines is 2. The first-order valence-corrected chi connectivity index (χ1v) is 9.52. The van der Waals surface area contributed by atoms with E-state index in [-0.39, 0.29) is 41.3 Å². The van der Waals surface area contributed by atoms with Crippen molar-refractivity contribution in [3.8, 4) is 0 Å². The minimum absolute atomic E-state index is 0.0249. The lowest BCUT2D eigenvalue weighted by molar-refractivity contribution is 0.0169. The summed E-state index contributed by atoms with van der Waals surface area (Å²) in [6.45, 7) is 6.99. The molecular weight excluding hydrogens is 393 g/mol. The molecule has 3 rings (SSSR count). The van der Waals surface area contributed by atoms with Gasteiger partial charge in [0.2, 0.25) is 0 Å². The fourth-order valence-electron chi connectivity index (χ4n) is 2.84. The normalized spacial score (nSPS) is 10.5. The first-order chi connectivity index (χ1) is 14.3. The van der Waals surface area contributed by atoms with Gasteiger partial charge in [0.25, 0.3) is 11.5 Å². The number of pyridine rings is 1. The second kappa shape index (κ2) is 10.0. The molecule has 3 N–H and O–H groups in total. The molecule has 0 spiro atoms. The van der Waals surface area contributed by atoms with Gasteiger partial charge >= 0.3 is 0 Å². The maximum atomic E-state index is 14.3. The summed E-state index contributed by atoms with van der Waals surface area (Å²) in [4.78, 5) is 30.3. The number of carbonyl (C=O) groups excluding carboxylic acids is 1. The molecule has 0 unspecified atom stereocenters. The molecule has 2 heterocycles. The number of hydroxylamine groups is 1. The van der Waals surface area contributed by atoms with Gasteiger partial charge in [-0.1, -0.05) is 19.9 Å². The van der Waals surface area contributed by atoms with Gasteiger partial charge in [-0.05, 0) is 37.6 Å².